The van der Waals surface area contributed by atoms with Gasteiger partial charge in [0, 0.05) is 11.6 Å². The van der Waals surface area contributed by atoms with E-state index in [1.807, 2.05) is 18.2 Å². The van der Waals surface area contributed by atoms with Crippen LogP contribution in [0.3, 0.4) is 0 Å². The molecule has 3 N–H and O–H groups in total. The van der Waals surface area contributed by atoms with E-state index in [0.29, 0.717) is 5.52 Å². The Morgan fingerprint density at radius 3 is 1.96 bits per heavy atom. The molecule has 0 aliphatic rings. The number of aromatic carboxylic acids is 2. The van der Waals surface area contributed by atoms with Crippen molar-refractivity contribution >= 4 is 22.8 Å². The fourth-order valence-electron chi connectivity index (χ4n) is 1.76. The molecule has 1 aromatic carbocycles. The number of benzene rings is 1. The van der Waals surface area contributed by atoms with E-state index in [4.69, 9.17) is 10.2 Å². The molecule has 3 aromatic rings. The molecule has 2 heterocycles. The summed E-state index contributed by atoms with van der Waals surface area (Å²) in [4.78, 5) is 28.0. The minimum absolute atomic E-state index is 0.239. The number of phenolic OH excluding ortho intramolecular Hbond substituents is 1. The summed E-state index contributed by atoms with van der Waals surface area (Å²) in [5.41, 5.74) is 0.125. The van der Waals surface area contributed by atoms with Crippen molar-refractivity contribution < 1.29 is 24.9 Å². The van der Waals surface area contributed by atoms with Gasteiger partial charge in [-0.15, -0.1) is 0 Å². The zero-order valence-corrected chi connectivity index (χ0v) is 11.7. The van der Waals surface area contributed by atoms with Gasteiger partial charge in [0.1, 0.15) is 22.7 Å². The Kier molecular flexibility index (Phi) is 4.83. The monoisotopic (exact) mass is 312 g/mol. The van der Waals surface area contributed by atoms with Crippen molar-refractivity contribution in [1.82, 2.24) is 9.97 Å². The Labute approximate surface area is 130 Å². The highest BCUT2D eigenvalue weighted by atomic mass is 16.4. The molecule has 116 valence electrons. The number of aromatic nitrogens is 2. The number of carboxylic acids is 2. The van der Waals surface area contributed by atoms with Gasteiger partial charge in [-0.05, 0) is 24.3 Å². The maximum absolute atomic E-state index is 10.3. The number of pyridine rings is 2. The van der Waals surface area contributed by atoms with Crippen LogP contribution in [0.15, 0.2) is 54.7 Å². The predicted molar refractivity (Wildman–Crippen MR) is 81.6 cm³/mol. The van der Waals surface area contributed by atoms with Crippen LogP contribution in [0.5, 0.6) is 5.75 Å². The molecule has 7 nitrogen and oxygen atoms in total. The molecule has 0 aliphatic heterocycles. The number of hydrogen-bond acceptors (Lipinski definition) is 5. The lowest BCUT2D eigenvalue weighted by Gasteiger charge is -1.96. The van der Waals surface area contributed by atoms with Crippen molar-refractivity contribution in [3.05, 3.63) is 66.1 Å². The quantitative estimate of drug-likeness (QED) is 0.664. The largest absolute Gasteiger partial charge is 0.506 e. The van der Waals surface area contributed by atoms with Crippen LogP contribution in [-0.2, 0) is 0 Å². The molecule has 0 atom stereocenters. The third-order valence-corrected chi connectivity index (χ3v) is 2.80. The molecular weight excluding hydrogens is 300 g/mol. The maximum atomic E-state index is 10.3. The summed E-state index contributed by atoms with van der Waals surface area (Å²) >= 11 is 0. The molecule has 0 saturated carbocycles. The van der Waals surface area contributed by atoms with Gasteiger partial charge in [0.05, 0.1) is 0 Å². The summed E-state index contributed by atoms with van der Waals surface area (Å²) in [5.74, 6) is -2.24. The van der Waals surface area contributed by atoms with Crippen LogP contribution in [0.4, 0.5) is 0 Å². The Hall–Kier alpha value is -3.48. The molecule has 0 aliphatic carbocycles. The predicted octanol–water partition coefficient (Wildman–Crippen LogP) is 2.42. The number of carbonyl (C=O) groups is 2. The number of nitrogens with zero attached hydrogens (tertiary/aromatic N) is 2. The molecular formula is C16H12N2O5. The number of para-hydroxylation sites is 1. The number of aromatic hydroxyl groups is 1. The zero-order chi connectivity index (χ0) is 16.8. The average molecular weight is 312 g/mol. The number of carboxylic acid groups (broad SMARTS) is 2. The molecule has 3 rings (SSSR count). The molecule has 0 saturated heterocycles. The van der Waals surface area contributed by atoms with Gasteiger partial charge in [0.15, 0.2) is 0 Å². The molecule has 0 bridgehead atoms. The second-order valence-electron chi connectivity index (χ2n) is 4.37. The van der Waals surface area contributed by atoms with E-state index in [-0.39, 0.29) is 17.1 Å². The van der Waals surface area contributed by atoms with Crippen LogP contribution in [0, 0.1) is 0 Å². The van der Waals surface area contributed by atoms with Crippen LogP contribution in [0.1, 0.15) is 21.0 Å². The van der Waals surface area contributed by atoms with Crippen molar-refractivity contribution in [2.45, 2.75) is 0 Å². The Morgan fingerprint density at radius 1 is 0.826 bits per heavy atom. The van der Waals surface area contributed by atoms with Gasteiger partial charge in [0.2, 0.25) is 0 Å². The number of fused-ring (bicyclic) bond motifs is 1. The third-order valence-electron chi connectivity index (χ3n) is 2.80. The van der Waals surface area contributed by atoms with Crippen LogP contribution in [0.25, 0.3) is 10.9 Å². The highest BCUT2D eigenvalue weighted by molar-refractivity contribution is 5.89. The smallest absolute Gasteiger partial charge is 0.354 e. The van der Waals surface area contributed by atoms with Crippen molar-refractivity contribution in [1.29, 1.82) is 0 Å². The van der Waals surface area contributed by atoms with E-state index in [0.717, 1.165) is 5.39 Å². The first-order valence-electron chi connectivity index (χ1n) is 6.45. The lowest BCUT2D eigenvalue weighted by molar-refractivity contribution is 0.0685. The number of phenols is 1. The van der Waals surface area contributed by atoms with Crippen LogP contribution in [-0.4, -0.2) is 37.2 Å². The molecule has 2 aromatic heterocycles. The van der Waals surface area contributed by atoms with Crippen molar-refractivity contribution in [3.8, 4) is 5.75 Å². The molecule has 0 radical (unpaired) electrons. The second-order valence-corrected chi connectivity index (χ2v) is 4.37. The van der Waals surface area contributed by atoms with E-state index < -0.39 is 11.9 Å². The van der Waals surface area contributed by atoms with E-state index in [1.165, 1.54) is 18.2 Å². The van der Waals surface area contributed by atoms with E-state index in [1.54, 1.807) is 18.3 Å². The lowest BCUT2D eigenvalue weighted by atomic mass is 10.2. The molecule has 23 heavy (non-hydrogen) atoms. The Morgan fingerprint density at radius 2 is 1.39 bits per heavy atom. The molecule has 0 amide bonds. The summed E-state index contributed by atoms with van der Waals surface area (Å²) in [7, 11) is 0. The molecule has 0 spiro atoms. The second kappa shape index (κ2) is 6.99. The number of rotatable bonds is 2. The summed E-state index contributed by atoms with van der Waals surface area (Å²) < 4.78 is 0. The van der Waals surface area contributed by atoms with Crippen LogP contribution >= 0.6 is 0 Å². The minimum Gasteiger partial charge on any atom is -0.506 e. The average Bonchev–Trinajstić information content (AvgIpc) is 2.56. The first-order chi connectivity index (χ1) is 11.0. The summed E-state index contributed by atoms with van der Waals surface area (Å²) in [6.07, 6.45) is 1.67. The van der Waals surface area contributed by atoms with Crippen LogP contribution in [0.2, 0.25) is 0 Å². The van der Waals surface area contributed by atoms with E-state index in [2.05, 4.69) is 9.97 Å². The van der Waals surface area contributed by atoms with Crippen molar-refractivity contribution in [2.75, 3.05) is 0 Å². The van der Waals surface area contributed by atoms with Gasteiger partial charge >= 0.3 is 11.9 Å². The fraction of sp³-hybridized carbons (Fsp3) is 0. The van der Waals surface area contributed by atoms with E-state index in [9.17, 15) is 14.7 Å². The third kappa shape index (κ3) is 4.01. The summed E-state index contributed by atoms with van der Waals surface area (Å²) in [6.45, 7) is 0. The molecule has 0 unspecified atom stereocenters. The van der Waals surface area contributed by atoms with Crippen LogP contribution < -0.4 is 0 Å². The normalized spacial score (nSPS) is 9.74. The Balaban J connectivity index is 0.000000167. The van der Waals surface area contributed by atoms with Gasteiger partial charge in [-0.1, -0.05) is 24.3 Å². The minimum atomic E-state index is -1.24. The maximum Gasteiger partial charge on any atom is 0.354 e. The molecule has 7 heteroatoms. The summed E-state index contributed by atoms with van der Waals surface area (Å²) in [6, 6.07) is 12.9. The number of hydrogen-bond donors (Lipinski definition) is 3. The van der Waals surface area contributed by atoms with Gasteiger partial charge < -0.3 is 15.3 Å². The van der Waals surface area contributed by atoms with Gasteiger partial charge in [-0.3, -0.25) is 4.98 Å². The SMILES string of the molecule is O=C(O)c1cccc(C(=O)O)n1.Oc1cccc2cccnc12. The zero-order valence-electron chi connectivity index (χ0n) is 11.7. The van der Waals surface area contributed by atoms with Gasteiger partial charge in [0.25, 0.3) is 0 Å². The van der Waals surface area contributed by atoms with Gasteiger partial charge in [-0.2, -0.15) is 0 Å². The molecule has 0 fully saturated rings. The lowest BCUT2D eigenvalue weighted by Crippen LogP contribution is -2.06. The van der Waals surface area contributed by atoms with Crippen molar-refractivity contribution in [2.24, 2.45) is 0 Å². The van der Waals surface area contributed by atoms with Gasteiger partial charge in [-0.25, -0.2) is 14.6 Å². The summed E-state index contributed by atoms with van der Waals surface area (Å²) in [5, 5.41) is 27.1. The Bertz CT molecular complexity index is 829. The van der Waals surface area contributed by atoms with Crippen molar-refractivity contribution in [3.63, 3.8) is 0 Å². The first kappa shape index (κ1) is 15.9. The fourth-order valence-corrected chi connectivity index (χ4v) is 1.76. The topological polar surface area (TPSA) is 121 Å². The highest BCUT2D eigenvalue weighted by Gasteiger charge is 2.08. The standard InChI is InChI=1S/C9H7NO.C7H5NO4/c11-8-5-1-3-7-4-2-6-10-9(7)8;9-6(10)4-2-1-3-5(8-4)7(11)12/h1-6,11H;1-3H,(H,9,10)(H,11,12). The first-order valence-corrected chi connectivity index (χ1v) is 6.45. The van der Waals surface area contributed by atoms with E-state index >= 15 is 0 Å². The highest BCUT2D eigenvalue weighted by Crippen LogP contribution is 2.20.